The second kappa shape index (κ2) is 6.57. The summed E-state index contributed by atoms with van der Waals surface area (Å²) in [7, 11) is 0. The average Bonchev–Trinajstić information content (AvgIpc) is 2.26. The highest BCUT2D eigenvalue weighted by atomic mass is 79.9. The first-order chi connectivity index (χ1) is 8.32. The van der Waals surface area contributed by atoms with Crippen molar-refractivity contribution in [1.82, 2.24) is 0 Å². The van der Waals surface area contributed by atoms with E-state index in [0.717, 1.165) is 4.47 Å². The Hall–Kier alpha value is -0.550. The Morgan fingerprint density at radius 3 is 2.39 bits per heavy atom. The van der Waals surface area contributed by atoms with Crippen molar-refractivity contribution >= 4 is 43.4 Å². The van der Waals surface area contributed by atoms with Crippen molar-refractivity contribution in [2.45, 2.75) is 26.4 Å². The van der Waals surface area contributed by atoms with E-state index in [0.29, 0.717) is 4.47 Å². The zero-order valence-corrected chi connectivity index (χ0v) is 13.2. The highest BCUT2D eigenvalue weighted by molar-refractivity contribution is 9.11. The molecule has 0 N–H and O–H groups in total. The molecule has 0 aliphatic carbocycles. The maximum atomic E-state index is 13.8. The normalized spacial score (nSPS) is 12.6. The third-order valence-corrected chi connectivity index (χ3v) is 3.47. The minimum Gasteiger partial charge on any atom is -0.296 e. The minimum atomic E-state index is -2.08. The molecule has 18 heavy (non-hydrogen) atoms. The predicted molar refractivity (Wildman–Crippen MR) is 75.5 cm³/mol. The number of hydrogen-bond donors (Lipinski definition) is 0. The van der Waals surface area contributed by atoms with Crippen LogP contribution in [0.15, 0.2) is 27.1 Å². The topological polar surface area (TPSA) is 34.1 Å². The zero-order valence-electron chi connectivity index (χ0n) is 10.0. The Morgan fingerprint density at radius 2 is 1.89 bits per heavy atom. The second-order valence-corrected chi connectivity index (χ2v) is 6.19. The Morgan fingerprint density at radius 1 is 1.28 bits per heavy atom. The van der Waals surface area contributed by atoms with Crippen molar-refractivity contribution < 1.29 is 14.0 Å². The molecule has 5 heteroatoms. The Labute approximate surface area is 122 Å². The summed E-state index contributed by atoms with van der Waals surface area (Å²) in [6, 6.07) is 4.77. The number of alkyl halides is 1. The molecule has 0 bridgehead atoms. The van der Waals surface area contributed by atoms with Crippen molar-refractivity contribution in [3.63, 3.8) is 0 Å². The molecule has 0 aliphatic heterocycles. The number of rotatable bonds is 5. The molecular formula is C13H13Br2FO2. The average molecular weight is 380 g/mol. The van der Waals surface area contributed by atoms with Crippen LogP contribution >= 0.6 is 31.9 Å². The first-order valence-corrected chi connectivity index (χ1v) is 7.07. The van der Waals surface area contributed by atoms with Crippen LogP contribution < -0.4 is 0 Å². The van der Waals surface area contributed by atoms with Crippen LogP contribution in [0.3, 0.4) is 0 Å². The zero-order chi connectivity index (χ0) is 13.9. The van der Waals surface area contributed by atoms with Gasteiger partial charge in [0.1, 0.15) is 0 Å². The van der Waals surface area contributed by atoms with E-state index in [-0.39, 0.29) is 17.9 Å². The molecule has 1 atom stereocenters. The van der Waals surface area contributed by atoms with Gasteiger partial charge in [-0.05, 0) is 24.1 Å². The summed E-state index contributed by atoms with van der Waals surface area (Å²) < 4.78 is 15.0. The molecule has 0 spiro atoms. The van der Waals surface area contributed by atoms with Crippen LogP contribution in [0.4, 0.5) is 4.39 Å². The Bertz CT molecular complexity index is 472. The van der Waals surface area contributed by atoms with E-state index in [2.05, 4.69) is 31.9 Å². The molecule has 1 aromatic rings. The monoisotopic (exact) mass is 378 g/mol. The summed E-state index contributed by atoms with van der Waals surface area (Å²) in [5.74, 6) is -1.42. The van der Waals surface area contributed by atoms with Crippen LogP contribution in [0.2, 0.25) is 0 Å². The summed E-state index contributed by atoms with van der Waals surface area (Å²) in [6.45, 7) is 3.62. The molecule has 2 nitrogen and oxygen atoms in total. The predicted octanol–water partition coefficient (Wildman–Crippen LogP) is 4.35. The number of carbonyl (C=O) groups is 2. The largest absolute Gasteiger partial charge is 0.296 e. The molecule has 0 saturated heterocycles. The van der Waals surface area contributed by atoms with Gasteiger partial charge in [-0.15, -0.1) is 0 Å². The van der Waals surface area contributed by atoms with Gasteiger partial charge in [0.05, 0.1) is 0 Å². The van der Waals surface area contributed by atoms with Crippen molar-refractivity contribution in [1.29, 1.82) is 0 Å². The molecule has 0 aromatic heterocycles. The molecular weight excluding hydrogens is 367 g/mol. The fraction of sp³-hybridized carbons (Fsp3) is 0.385. The van der Waals surface area contributed by atoms with E-state index in [4.69, 9.17) is 0 Å². The van der Waals surface area contributed by atoms with Gasteiger partial charge < -0.3 is 0 Å². The fourth-order valence-electron chi connectivity index (χ4n) is 1.48. The molecule has 98 valence electrons. The van der Waals surface area contributed by atoms with Crippen LogP contribution in [-0.2, 0) is 4.79 Å². The van der Waals surface area contributed by atoms with Gasteiger partial charge in [0, 0.05) is 20.9 Å². The molecule has 0 amide bonds. The SMILES string of the molecule is CC(C)CC(=O)C(F)C(=O)c1ccc(Br)cc1Br. The van der Waals surface area contributed by atoms with Crippen LogP contribution in [-0.4, -0.2) is 17.7 Å². The Kier molecular flexibility index (Phi) is 5.66. The van der Waals surface area contributed by atoms with Crippen molar-refractivity contribution in [3.8, 4) is 0 Å². The van der Waals surface area contributed by atoms with Gasteiger partial charge in [-0.2, -0.15) is 0 Å². The first kappa shape index (κ1) is 15.5. The van der Waals surface area contributed by atoms with Gasteiger partial charge >= 0.3 is 0 Å². The molecule has 1 rings (SSSR count). The molecule has 0 fully saturated rings. The van der Waals surface area contributed by atoms with Gasteiger partial charge in [0.15, 0.2) is 5.78 Å². The van der Waals surface area contributed by atoms with E-state index < -0.39 is 17.7 Å². The standard InChI is InChI=1S/C13H13Br2FO2/c1-7(2)5-11(17)12(16)13(18)9-4-3-8(14)6-10(9)15/h3-4,6-7,12H,5H2,1-2H3. The highest BCUT2D eigenvalue weighted by Gasteiger charge is 2.28. The number of hydrogen-bond acceptors (Lipinski definition) is 2. The number of ketones is 2. The van der Waals surface area contributed by atoms with E-state index in [1.807, 2.05) is 13.8 Å². The van der Waals surface area contributed by atoms with E-state index in [1.165, 1.54) is 6.07 Å². The lowest BCUT2D eigenvalue weighted by Gasteiger charge is -2.09. The van der Waals surface area contributed by atoms with Gasteiger partial charge in [-0.3, -0.25) is 9.59 Å². The molecule has 0 heterocycles. The summed E-state index contributed by atoms with van der Waals surface area (Å²) in [4.78, 5) is 23.4. The lowest BCUT2D eigenvalue weighted by Crippen LogP contribution is -2.27. The van der Waals surface area contributed by atoms with Crippen LogP contribution in [0.25, 0.3) is 0 Å². The molecule has 0 radical (unpaired) electrons. The maximum absolute atomic E-state index is 13.8. The molecule has 1 aromatic carbocycles. The second-order valence-electron chi connectivity index (χ2n) is 4.42. The highest BCUT2D eigenvalue weighted by Crippen LogP contribution is 2.24. The number of Topliss-reactive ketones (excluding diaryl/α,β-unsaturated/α-hetero) is 2. The first-order valence-electron chi connectivity index (χ1n) is 5.49. The number of benzene rings is 1. The van der Waals surface area contributed by atoms with Crippen LogP contribution in [0.1, 0.15) is 30.6 Å². The lowest BCUT2D eigenvalue weighted by atomic mass is 9.98. The van der Waals surface area contributed by atoms with Crippen molar-refractivity contribution in [2.75, 3.05) is 0 Å². The fourth-order valence-corrected chi connectivity index (χ4v) is 2.72. The number of carbonyl (C=O) groups excluding carboxylic acids is 2. The van der Waals surface area contributed by atoms with Gasteiger partial charge in [0.25, 0.3) is 0 Å². The van der Waals surface area contributed by atoms with E-state index in [1.54, 1.807) is 12.1 Å². The summed E-state index contributed by atoms with van der Waals surface area (Å²) >= 11 is 6.43. The summed E-state index contributed by atoms with van der Waals surface area (Å²) in [5.41, 5.74) is 0.183. The van der Waals surface area contributed by atoms with Crippen molar-refractivity contribution in [2.24, 2.45) is 5.92 Å². The molecule has 1 unspecified atom stereocenters. The van der Waals surface area contributed by atoms with E-state index in [9.17, 15) is 14.0 Å². The lowest BCUT2D eigenvalue weighted by molar-refractivity contribution is -0.122. The molecule has 0 aliphatic rings. The van der Waals surface area contributed by atoms with Crippen LogP contribution in [0, 0.1) is 5.92 Å². The third kappa shape index (κ3) is 3.99. The number of halogens is 3. The van der Waals surface area contributed by atoms with Gasteiger partial charge in [-0.25, -0.2) is 4.39 Å². The van der Waals surface area contributed by atoms with E-state index >= 15 is 0 Å². The molecule has 0 saturated carbocycles. The van der Waals surface area contributed by atoms with Crippen molar-refractivity contribution in [3.05, 3.63) is 32.7 Å². The smallest absolute Gasteiger partial charge is 0.220 e. The maximum Gasteiger partial charge on any atom is 0.220 e. The Balaban J connectivity index is 2.90. The minimum absolute atomic E-state index is 0.0388. The van der Waals surface area contributed by atoms with Crippen LogP contribution in [0.5, 0.6) is 0 Å². The summed E-state index contributed by atoms with van der Waals surface area (Å²) in [6.07, 6.45) is -2.01. The summed E-state index contributed by atoms with van der Waals surface area (Å²) in [5, 5.41) is 0. The van der Waals surface area contributed by atoms with Gasteiger partial charge in [0.2, 0.25) is 12.0 Å². The quantitative estimate of drug-likeness (QED) is 0.563. The third-order valence-electron chi connectivity index (χ3n) is 2.32. The van der Waals surface area contributed by atoms with Gasteiger partial charge in [-0.1, -0.05) is 45.7 Å².